The van der Waals surface area contributed by atoms with Gasteiger partial charge >= 0.3 is 0 Å². The summed E-state index contributed by atoms with van der Waals surface area (Å²) in [7, 11) is 1.71. The van der Waals surface area contributed by atoms with E-state index in [1.54, 1.807) is 36.0 Å². The van der Waals surface area contributed by atoms with E-state index in [1.807, 2.05) is 0 Å². The first-order valence-corrected chi connectivity index (χ1v) is 11.1. The molecule has 10 nitrogen and oxygen atoms in total. The molecule has 0 spiro atoms. The summed E-state index contributed by atoms with van der Waals surface area (Å²) in [5, 5.41) is 22.9. The number of hydrogen-bond donors (Lipinski definition) is 4. The van der Waals surface area contributed by atoms with Crippen molar-refractivity contribution < 1.29 is 14.3 Å². The number of anilines is 3. The van der Waals surface area contributed by atoms with Crippen molar-refractivity contribution in [2.24, 2.45) is 0 Å². The molecule has 3 heterocycles. The summed E-state index contributed by atoms with van der Waals surface area (Å²) in [6.45, 7) is 0. The molecular formula is C22H26FN7O3. The van der Waals surface area contributed by atoms with Crippen LogP contribution in [0.5, 0.6) is 0 Å². The fraction of sp³-hybridized carbons (Fsp3) is 0.455. The number of hydrogen-bond acceptors (Lipinski definition) is 7. The number of aliphatic hydroxyl groups excluding tert-OH is 1. The molecule has 1 amide bonds. The van der Waals surface area contributed by atoms with Crippen LogP contribution in [-0.4, -0.2) is 55.5 Å². The number of rotatable bonds is 6. The van der Waals surface area contributed by atoms with Gasteiger partial charge in [0, 0.05) is 31.8 Å². The van der Waals surface area contributed by atoms with Crippen LogP contribution in [0.25, 0.3) is 5.65 Å². The zero-order valence-electron chi connectivity index (χ0n) is 18.2. The number of aliphatic hydroxyl groups is 1. The number of pyridine rings is 1. The molecule has 2 aliphatic carbocycles. The maximum atomic E-state index is 13.2. The van der Waals surface area contributed by atoms with Crippen molar-refractivity contribution >= 4 is 28.9 Å². The van der Waals surface area contributed by atoms with Gasteiger partial charge in [0.25, 0.3) is 11.5 Å². The van der Waals surface area contributed by atoms with Gasteiger partial charge in [0.05, 0.1) is 18.3 Å². The third-order valence-corrected chi connectivity index (χ3v) is 6.25. The Hall–Kier alpha value is -3.47. The van der Waals surface area contributed by atoms with Gasteiger partial charge in [-0.2, -0.15) is 9.61 Å². The van der Waals surface area contributed by atoms with Gasteiger partial charge in [-0.3, -0.25) is 9.59 Å². The second kappa shape index (κ2) is 8.47. The Morgan fingerprint density at radius 2 is 2.12 bits per heavy atom. The van der Waals surface area contributed by atoms with Crippen LogP contribution in [0.3, 0.4) is 0 Å². The molecule has 0 bridgehead atoms. The lowest BCUT2D eigenvalue weighted by Gasteiger charge is -2.27. The maximum absolute atomic E-state index is 13.2. The van der Waals surface area contributed by atoms with E-state index in [1.165, 1.54) is 10.7 Å². The number of aromatic nitrogens is 4. The van der Waals surface area contributed by atoms with Gasteiger partial charge in [0.1, 0.15) is 29.1 Å². The zero-order chi connectivity index (χ0) is 23.1. The molecule has 0 unspecified atom stereocenters. The fourth-order valence-electron chi connectivity index (χ4n) is 4.35. The van der Waals surface area contributed by atoms with Crippen LogP contribution in [0.1, 0.15) is 48.5 Å². The van der Waals surface area contributed by atoms with Gasteiger partial charge in [0.2, 0.25) is 0 Å². The molecule has 4 N–H and O–H groups in total. The molecule has 174 valence electrons. The van der Waals surface area contributed by atoms with Gasteiger partial charge in [-0.1, -0.05) is 0 Å². The lowest BCUT2D eigenvalue weighted by Crippen LogP contribution is -2.30. The molecule has 5 rings (SSSR count). The second-order valence-electron chi connectivity index (χ2n) is 8.64. The van der Waals surface area contributed by atoms with Crippen molar-refractivity contribution in [3.63, 3.8) is 0 Å². The Balaban J connectivity index is 1.46. The highest BCUT2D eigenvalue weighted by Gasteiger charge is 2.39. The highest BCUT2D eigenvalue weighted by Crippen LogP contribution is 2.28. The van der Waals surface area contributed by atoms with E-state index in [2.05, 4.69) is 26.0 Å². The molecule has 2 fully saturated rings. The molecule has 11 heteroatoms. The summed E-state index contributed by atoms with van der Waals surface area (Å²) in [4.78, 5) is 30.2. The Bertz CT molecular complexity index is 1260. The van der Waals surface area contributed by atoms with Gasteiger partial charge in [-0.05, 0) is 37.8 Å². The third kappa shape index (κ3) is 4.15. The van der Waals surface area contributed by atoms with Crippen molar-refractivity contribution in [3.05, 3.63) is 46.5 Å². The summed E-state index contributed by atoms with van der Waals surface area (Å²) in [6, 6.07) is 4.60. The van der Waals surface area contributed by atoms with Crippen LogP contribution < -0.4 is 21.5 Å². The van der Waals surface area contributed by atoms with E-state index in [4.69, 9.17) is 0 Å². The number of alkyl halides is 1. The molecular weight excluding hydrogens is 429 g/mol. The molecule has 2 aliphatic rings. The van der Waals surface area contributed by atoms with E-state index in [-0.39, 0.29) is 22.8 Å². The van der Waals surface area contributed by atoms with E-state index in [0.29, 0.717) is 30.2 Å². The third-order valence-electron chi connectivity index (χ3n) is 6.25. The van der Waals surface area contributed by atoms with Crippen molar-refractivity contribution in [3.8, 4) is 0 Å². The summed E-state index contributed by atoms with van der Waals surface area (Å²) < 4.78 is 16.4. The summed E-state index contributed by atoms with van der Waals surface area (Å²) in [5.74, 6) is 0.470. The molecule has 3 aromatic rings. The normalized spacial score (nSPS) is 24.5. The zero-order valence-corrected chi connectivity index (χ0v) is 18.2. The molecule has 2 saturated carbocycles. The van der Waals surface area contributed by atoms with E-state index < -0.39 is 24.2 Å². The van der Waals surface area contributed by atoms with Gasteiger partial charge in [-0.15, -0.1) is 0 Å². The van der Waals surface area contributed by atoms with E-state index in [9.17, 15) is 19.1 Å². The lowest BCUT2D eigenvalue weighted by atomic mass is 9.93. The molecule has 4 atom stereocenters. The number of nitrogens with one attached hydrogen (secondary N) is 3. The second-order valence-corrected chi connectivity index (χ2v) is 8.64. The maximum Gasteiger partial charge on any atom is 0.274 e. The molecule has 3 aromatic heterocycles. The standard InChI is InChI=1S/C22H26FN7O3/c1-24-19-10-18(28-20-14(11-25-30(19)20)21(32)27-17-9-15(17)23)26-16-6-3-7-29(22(16)33)12-4-2-5-13(31)8-12/h3,6-7,10-13,15,17,24,31H,2,4-5,8-9H2,1H3,(H,26,28)(H,27,32)/t12-,13-,15+,17-/m1/s1. The van der Waals surface area contributed by atoms with Crippen LogP contribution in [0.15, 0.2) is 35.4 Å². The molecule has 33 heavy (non-hydrogen) atoms. The summed E-state index contributed by atoms with van der Waals surface area (Å²) in [6.07, 6.45) is 5.04. The minimum atomic E-state index is -1.01. The van der Waals surface area contributed by atoms with Gasteiger partial charge in [-0.25, -0.2) is 9.37 Å². The van der Waals surface area contributed by atoms with E-state index >= 15 is 0 Å². The minimum absolute atomic E-state index is 0.0572. The highest BCUT2D eigenvalue weighted by molar-refractivity contribution is 6.00. The first-order chi connectivity index (χ1) is 15.9. The van der Waals surface area contributed by atoms with Crippen molar-refractivity contribution in [2.75, 3.05) is 17.7 Å². The SMILES string of the molecule is CNc1cc(Nc2cccn([C@@H]3CCC[C@@H](O)C3)c2=O)nc2c(C(=O)N[C@@H]3C[C@@H]3F)cnn12. The minimum Gasteiger partial charge on any atom is -0.393 e. The average Bonchev–Trinajstić information content (AvgIpc) is 3.31. The fourth-order valence-corrected chi connectivity index (χ4v) is 4.35. The Labute approximate surface area is 188 Å². The Morgan fingerprint density at radius 3 is 2.85 bits per heavy atom. The Kier molecular flexibility index (Phi) is 5.49. The molecule has 0 radical (unpaired) electrons. The number of fused-ring (bicyclic) bond motifs is 1. The summed E-state index contributed by atoms with van der Waals surface area (Å²) >= 11 is 0. The van der Waals surface area contributed by atoms with Crippen LogP contribution in [0, 0.1) is 0 Å². The molecule has 0 aliphatic heterocycles. The van der Waals surface area contributed by atoms with Crippen molar-refractivity contribution in [1.82, 2.24) is 24.5 Å². The predicted molar refractivity (Wildman–Crippen MR) is 121 cm³/mol. The average molecular weight is 455 g/mol. The van der Waals surface area contributed by atoms with Crippen LogP contribution >= 0.6 is 0 Å². The van der Waals surface area contributed by atoms with Crippen LogP contribution in [0.2, 0.25) is 0 Å². The Morgan fingerprint density at radius 1 is 1.30 bits per heavy atom. The lowest BCUT2D eigenvalue weighted by molar-refractivity contribution is 0.0948. The van der Waals surface area contributed by atoms with E-state index in [0.717, 1.165) is 19.3 Å². The monoisotopic (exact) mass is 455 g/mol. The van der Waals surface area contributed by atoms with Crippen LogP contribution in [-0.2, 0) is 0 Å². The van der Waals surface area contributed by atoms with Crippen molar-refractivity contribution in [2.45, 2.75) is 56.5 Å². The quantitative estimate of drug-likeness (QED) is 0.448. The first-order valence-electron chi connectivity index (χ1n) is 11.1. The van der Waals surface area contributed by atoms with Gasteiger partial charge in [0.15, 0.2) is 5.65 Å². The number of carbonyl (C=O) groups excluding carboxylic acids is 1. The molecule has 0 saturated heterocycles. The number of nitrogens with zero attached hydrogens (tertiary/aromatic N) is 4. The smallest absolute Gasteiger partial charge is 0.274 e. The number of amides is 1. The first kappa shape index (κ1) is 21.4. The largest absolute Gasteiger partial charge is 0.393 e. The summed E-state index contributed by atoms with van der Waals surface area (Å²) in [5.41, 5.74) is 0.624. The number of carbonyl (C=O) groups is 1. The number of halogens is 1. The van der Waals surface area contributed by atoms with Crippen molar-refractivity contribution in [1.29, 1.82) is 0 Å². The predicted octanol–water partition coefficient (Wildman–Crippen LogP) is 1.99. The molecule has 0 aromatic carbocycles. The van der Waals surface area contributed by atoms with Gasteiger partial charge < -0.3 is 25.6 Å². The highest BCUT2D eigenvalue weighted by atomic mass is 19.1. The topological polar surface area (TPSA) is 126 Å². The van der Waals surface area contributed by atoms with Crippen LogP contribution in [0.4, 0.5) is 21.7 Å².